The summed E-state index contributed by atoms with van der Waals surface area (Å²) in [5.74, 6) is -0.278. The molecule has 2 heterocycles. The lowest BCUT2D eigenvalue weighted by Crippen LogP contribution is -2.49. The van der Waals surface area contributed by atoms with Gasteiger partial charge >= 0.3 is 0 Å². The van der Waals surface area contributed by atoms with Gasteiger partial charge in [-0.05, 0) is 6.42 Å². The van der Waals surface area contributed by atoms with Gasteiger partial charge in [0.05, 0.1) is 17.8 Å². The lowest BCUT2D eigenvalue weighted by atomic mass is 10.2. The van der Waals surface area contributed by atoms with Crippen LogP contribution in [0, 0.1) is 0 Å². The number of hydrogen-bond donors (Lipinski definition) is 2. The number of aromatic nitrogens is 2. The zero-order valence-electron chi connectivity index (χ0n) is 12.0. The molecule has 20 heavy (non-hydrogen) atoms. The van der Waals surface area contributed by atoms with Gasteiger partial charge in [0.25, 0.3) is 5.91 Å². The van der Waals surface area contributed by atoms with E-state index in [0.29, 0.717) is 25.1 Å². The number of nitrogens with one attached hydrogen (secondary N) is 2. The molecule has 0 aliphatic carbocycles. The van der Waals surface area contributed by atoms with E-state index in [1.54, 1.807) is 22.8 Å². The smallest absolute Gasteiger partial charge is 0.255 e. The molecule has 2 rings (SSSR count). The molecule has 0 radical (unpaired) electrons. The summed E-state index contributed by atoms with van der Waals surface area (Å²) in [6.07, 6.45) is 2.37. The van der Waals surface area contributed by atoms with E-state index in [2.05, 4.69) is 15.7 Å². The van der Waals surface area contributed by atoms with Gasteiger partial charge in [-0.15, -0.1) is 0 Å². The van der Waals surface area contributed by atoms with E-state index in [1.807, 2.05) is 6.92 Å². The van der Waals surface area contributed by atoms with Gasteiger partial charge in [0.15, 0.2) is 0 Å². The maximum atomic E-state index is 12.1. The molecule has 0 saturated carbocycles. The van der Waals surface area contributed by atoms with E-state index in [0.717, 1.165) is 18.8 Å². The molecule has 0 aromatic carbocycles. The lowest BCUT2D eigenvalue weighted by Gasteiger charge is -2.27. The third-order valence-electron chi connectivity index (χ3n) is 3.35. The number of amides is 2. The minimum absolute atomic E-state index is 0.0386. The Morgan fingerprint density at radius 1 is 1.40 bits per heavy atom. The first-order valence-electron chi connectivity index (χ1n) is 6.91. The second-order valence-electron chi connectivity index (χ2n) is 4.83. The number of carbonyl (C=O) groups excluding carboxylic acids is 2. The van der Waals surface area contributed by atoms with Crippen molar-refractivity contribution < 1.29 is 9.59 Å². The Morgan fingerprint density at radius 3 is 2.75 bits per heavy atom. The van der Waals surface area contributed by atoms with E-state index < -0.39 is 0 Å². The largest absolute Gasteiger partial charge is 0.343 e. The Bertz CT molecular complexity index is 491. The molecule has 2 N–H and O–H groups in total. The van der Waals surface area contributed by atoms with Crippen LogP contribution in [-0.4, -0.2) is 59.2 Å². The van der Waals surface area contributed by atoms with E-state index in [1.165, 1.54) is 0 Å². The minimum atomic E-state index is -0.238. The van der Waals surface area contributed by atoms with Gasteiger partial charge in [-0.1, -0.05) is 6.92 Å². The number of piperazine rings is 1. The topological polar surface area (TPSA) is 79.3 Å². The van der Waals surface area contributed by atoms with Crippen LogP contribution >= 0.6 is 0 Å². The molecule has 7 nitrogen and oxygen atoms in total. The molecule has 110 valence electrons. The summed E-state index contributed by atoms with van der Waals surface area (Å²) in [6.45, 7) is 5.00. The first kappa shape index (κ1) is 14.5. The standard InChI is InChI=1S/C13H21N5O2/c1-3-11-10(9-17(2)16-11)13(20)15-8-12(19)18-6-4-14-5-7-18/h9,14H,3-8H2,1-2H3,(H,15,20). The number of aryl methyl sites for hydroxylation is 2. The predicted octanol–water partition coefficient (Wildman–Crippen LogP) is -0.856. The van der Waals surface area contributed by atoms with Crippen LogP contribution in [0.2, 0.25) is 0 Å². The molecule has 1 aromatic rings. The van der Waals surface area contributed by atoms with Crippen molar-refractivity contribution >= 4 is 11.8 Å². The molecular weight excluding hydrogens is 258 g/mol. The van der Waals surface area contributed by atoms with Crippen LogP contribution < -0.4 is 10.6 Å². The third kappa shape index (κ3) is 3.36. The fourth-order valence-electron chi connectivity index (χ4n) is 2.26. The SMILES string of the molecule is CCc1nn(C)cc1C(=O)NCC(=O)N1CCNCC1. The van der Waals surface area contributed by atoms with Crippen molar-refractivity contribution in [3.8, 4) is 0 Å². The number of carbonyl (C=O) groups is 2. The van der Waals surface area contributed by atoms with Gasteiger partial charge in [-0.2, -0.15) is 5.10 Å². The van der Waals surface area contributed by atoms with Gasteiger partial charge in [0.2, 0.25) is 5.91 Å². The van der Waals surface area contributed by atoms with Crippen molar-refractivity contribution in [1.82, 2.24) is 25.3 Å². The second-order valence-corrected chi connectivity index (χ2v) is 4.83. The first-order valence-corrected chi connectivity index (χ1v) is 6.91. The molecule has 0 bridgehead atoms. The Kier molecular flexibility index (Phi) is 4.73. The zero-order chi connectivity index (χ0) is 14.5. The van der Waals surface area contributed by atoms with Crippen molar-refractivity contribution in [1.29, 1.82) is 0 Å². The van der Waals surface area contributed by atoms with Crippen molar-refractivity contribution in [3.05, 3.63) is 17.5 Å². The summed E-state index contributed by atoms with van der Waals surface area (Å²) < 4.78 is 1.62. The molecule has 1 aliphatic rings. The molecule has 0 unspecified atom stereocenters. The Labute approximate surface area is 118 Å². The molecule has 0 spiro atoms. The highest BCUT2D eigenvalue weighted by atomic mass is 16.2. The van der Waals surface area contributed by atoms with Crippen LogP contribution in [0.25, 0.3) is 0 Å². The fourth-order valence-corrected chi connectivity index (χ4v) is 2.26. The predicted molar refractivity (Wildman–Crippen MR) is 74.4 cm³/mol. The Balaban J connectivity index is 1.89. The van der Waals surface area contributed by atoms with Crippen LogP contribution in [0.15, 0.2) is 6.20 Å². The highest BCUT2D eigenvalue weighted by molar-refractivity contribution is 5.97. The Morgan fingerprint density at radius 2 is 2.10 bits per heavy atom. The quantitative estimate of drug-likeness (QED) is 0.752. The highest BCUT2D eigenvalue weighted by Crippen LogP contribution is 2.06. The summed E-state index contributed by atoms with van der Waals surface area (Å²) in [7, 11) is 1.78. The van der Waals surface area contributed by atoms with Gasteiger partial charge < -0.3 is 15.5 Å². The van der Waals surface area contributed by atoms with E-state index in [-0.39, 0.29) is 18.4 Å². The minimum Gasteiger partial charge on any atom is -0.343 e. The summed E-state index contributed by atoms with van der Waals surface area (Å²) in [4.78, 5) is 25.8. The van der Waals surface area contributed by atoms with E-state index in [4.69, 9.17) is 0 Å². The highest BCUT2D eigenvalue weighted by Gasteiger charge is 2.19. The summed E-state index contributed by atoms with van der Waals surface area (Å²) in [6, 6.07) is 0. The number of hydrogen-bond acceptors (Lipinski definition) is 4. The molecule has 0 atom stereocenters. The monoisotopic (exact) mass is 279 g/mol. The lowest BCUT2D eigenvalue weighted by molar-refractivity contribution is -0.130. The average molecular weight is 279 g/mol. The van der Waals surface area contributed by atoms with Crippen LogP contribution in [0.3, 0.4) is 0 Å². The molecule has 1 fully saturated rings. The van der Waals surface area contributed by atoms with Crippen LogP contribution in [0.4, 0.5) is 0 Å². The molecule has 1 saturated heterocycles. The second kappa shape index (κ2) is 6.51. The third-order valence-corrected chi connectivity index (χ3v) is 3.35. The molecular formula is C13H21N5O2. The van der Waals surface area contributed by atoms with Gasteiger partial charge in [0.1, 0.15) is 0 Å². The van der Waals surface area contributed by atoms with Crippen LogP contribution in [-0.2, 0) is 18.3 Å². The maximum Gasteiger partial charge on any atom is 0.255 e. The summed E-state index contributed by atoms with van der Waals surface area (Å²) in [5.41, 5.74) is 1.29. The van der Waals surface area contributed by atoms with Crippen LogP contribution in [0.1, 0.15) is 23.0 Å². The molecule has 1 aliphatic heterocycles. The van der Waals surface area contributed by atoms with Gasteiger partial charge in [0, 0.05) is 39.4 Å². The zero-order valence-corrected chi connectivity index (χ0v) is 12.0. The van der Waals surface area contributed by atoms with Gasteiger partial charge in [-0.3, -0.25) is 14.3 Å². The first-order chi connectivity index (χ1) is 9.61. The molecule has 1 aromatic heterocycles. The normalized spacial score (nSPS) is 15.2. The number of nitrogens with zero attached hydrogens (tertiary/aromatic N) is 3. The van der Waals surface area contributed by atoms with Crippen molar-refractivity contribution in [2.24, 2.45) is 7.05 Å². The average Bonchev–Trinajstić information content (AvgIpc) is 2.86. The maximum absolute atomic E-state index is 12.1. The van der Waals surface area contributed by atoms with Crippen molar-refractivity contribution in [2.75, 3.05) is 32.7 Å². The van der Waals surface area contributed by atoms with Crippen molar-refractivity contribution in [3.63, 3.8) is 0 Å². The van der Waals surface area contributed by atoms with Gasteiger partial charge in [-0.25, -0.2) is 0 Å². The molecule has 2 amide bonds. The van der Waals surface area contributed by atoms with E-state index in [9.17, 15) is 9.59 Å². The number of rotatable bonds is 4. The van der Waals surface area contributed by atoms with Crippen LogP contribution in [0.5, 0.6) is 0 Å². The molecule has 7 heteroatoms. The van der Waals surface area contributed by atoms with E-state index >= 15 is 0 Å². The summed E-state index contributed by atoms with van der Waals surface area (Å²) in [5, 5.41) is 10.1. The van der Waals surface area contributed by atoms with Crippen molar-refractivity contribution in [2.45, 2.75) is 13.3 Å². The fraction of sp³-hybridized carbons (Fsp3) is 0.615. The Hall–Kier alpha value is -1.89. The summed E-state index contributed by atoms with van der Waals surface area (Å²) >= 11 is 0.